The number of fused-ring (bicyclic) bond motifs is 2. The molecule has 5 aromatic rings. The zero-order chi connectivity index (χ0) is 38.5. The van der Waals surface area contributed by atoms with E-state index in [4.69, 9.17) is 21.3 Å². The number of nitrogens with one attached hydrogen (secondary N) is 1. The number of carbonyl (C=O) groups is 2. The molecule has 54 heavy (non-hydrogen) atoms. The molecule has 0 aliphatic carbocycles. The van der Waals surface area contributed by atoms with Crippen LogP contribution >= 0.6 is 11.6 Å². The van der Waals surface area contributed by atoms with Crippen LogP contribution in [-0.4, -0.2) is 72.1 Å². The third kappa shape index (κ3) is 6.58. The van der Waals surface area contributed by atoms with Crippen LogP contribution in [0, 0.1) is 18.3 Å². The van der Waals surface area contributed by atoms with Gasteiger partial charge in [0.1, 0.15) is 23.9 Å². The van der Waals surface area contributed by atoms with E-state index in [-0.39, 0.29) is 83.2 Å². The van der Waals surface area contributed by atoms with Crippen molar-refractivity contribution in [3.63, 3.8) is 0 Å². The van der Waals surface area contributed by atoms with E-state index in [0.717, 1.165) is 33.8 Å². The number of rotatable bonds is 7. The van der Waals surface area contributed by atoms with Crippen molar-refractivity contribution in [1.29, 1.82) is 5.26 Å². The van der Waals surface area contributed by atoms with Crippen LogP contribution in [0.2, 0.25) is 5.02 Å². The molecule has 2 aromatic carbocycles. The molecule has 0 unspecified atom stereocenters. The van der Waals surface area contributed by atoms with E-state index in [1.807, 2.05) is 24.3 Å². The number of piperazine rings is 1. The Kier molecular flexibility index (Phi) is 9.50. The van der Waals surface area contributed by atoms with Crippen molar-refractivity contribution < 1.29 is 32.6 Å². The maximum Gasteiger partial charge on any atom is 0.416 e. The molecule has 0 saturated carbocycles. The van der Waals surface area contributed by atoms with Crippen molar-refractivity contribution in [3.8, 4) is 23.2 Å². The number of nitriles is 1. The number of carbonyl (C=O) groups excluding carboxylic acids is 2. The van der Waals surface area contributed by atoms with Crippen LogP contribution < -0.4 is 15.8 Å². The zero-order valence-electron chi connectivity index (χ0n) is 28.9. The maximum absolute atomic E-state index is 14.3. The largest absolute Gasteiger partial charge is 0.505 e. The lowest BCUT2D eigenvalue weighted by atomic mass is 10.1. The van der Waals surface area contributed by atoms with E-state index >= 15 is 0 Å². The summed E-state index contributed by atoms with van der Waals surface area (Å²) in [6.45, 7) is 4.38. The summed E-state index contributed by atoms with van der Waals surface area (Å²) in [5.41, 5.74) is 1.69. The van der Waals surface area contributed by atoms with Gasteiger partial charge in [-0.2, -0.15) is 27.9 Å². The fourth-order valence-electron chi connectivity index (χ4n) is 6.68. The van der Waals surface area contributed by atoms with Crippen molar-refractivity contribution >= 4 is 40.6 Å². The Labute approximate surface area is 310 Å². The first-order chi connectivity index (χ1) is 25.8. The van der Waals surface area contributed by atoms with Crippen LogP contribution in [0.1, 0.15) is 50.9 Å². The van der Waals surface area contributed by atoms with Crippen molar-refractivity contribution in [2.45, 2.75) is 46.2 Å². The average Bonchev–Trinajstić information content (AvgIpc) is 3.82. The molecule has 278 valence electrons. The number of aryl methyl sites for hydroxylation is 1. The fourth-order valence-corrected chi connectivity index (χ4v) is 6.90. The minimum absolute atomic E-state index is 0.0386. The molecular weight excluding hydrogens is 731 g/mol. The predicted octanol–water partition coefficient (Wildman–Crippen LogP) is 4.70. The molecule has 1 fully saturated rings. The molecule has 2 amide bonds. The minimum Gasteiger partial charge on any atom is -0.505 e. The minimum atomic E-state index is -4.63. The summed E-state index contributed by atoms with van der Waals surface area (Å²) in [6, 6.07) is 10.1. The second-order valence-corrected chi connectivity index (χ2v) is 13.2. The van der Waals surface area contributed by atoms with Gasteiger partial charge in [0.05, 0.1) is 46.4 Å². The Balaban J connectivity index is 1.25. The van der Waals surface area contributed by atoms with Gasteiger partial charge in [0, 0.05) is 37.9 Å². The van der Waals surface area contributed by atoms with E-state index in [0.29, 0.717) is 24.5 Å². The lowest BCUT2D eigenvalue weighted by Gasteiger charge is -2.37. The van der Waals surface area contributed by atoms with Gasteiger partial charge in [-0.1, -0.05) is 30.7 Å². The number of hydrogen-bond acceptors (Lipinski definition) is 10. The van der Waals surface area contributed by atoms with Gasteiger partial charge in [0.25, 0.3) is 11.5 Å². The van der Waals surface area contributed by atoms with Crippen molar-refractivity contribution in [1.82, 2.24) is 29.0 Å². The SMILES string of the molecule is CCc1c(N2CCN(C(=O)c3c(C#N)cnc(C)c3O)CC2)c(=O)n2nc(-c3ccc4c(c3)COC4)nc2n1CC(=O)Nc1ccc(C(F)(F)F)cc1Cl. The number of aromatic hydroxyl groups is 1. The summed E-state index contributed by atoms with van der Waals surface area (Å²) < 4.78 is 47.9. The number of alkyl halides is 3. The van der Waals surface area contributed by atoms with Crippen LogP contribution in [0.25, 0.3) is 17.2 Å². The Bertz CT molecular complexity index is 2450. The summed E-state index contributed by atoms with van der Waals surface area (Å²) >= 11 is 6.14. The number of pyridine rings is 1. The number of nitrogens with zero attached hydrogens (tertiary/aromatic N) is 8. The molecule has 14 nitrogen and oxygen atoms in total. The number of benzene rings is 2. The number of halogens is 4. The van der Waals surface area contributed by atoms with E-state index in [1.54, 1.807) is 11.8 Å². The standard InChI is InChI=1S/C36H31ClF3N9O5/c1-3-27-30(46-8-10-47(11-9-46)33(52)29-23(14-41)15-42-19(2)31(29)51)34(53)49-35(44-32(45-49)20-4-5-21-17-54-18-22(21)12-20)48(27)16-28(50)43-26-7-6-24(13-25(26)37)36(38,39)40/h4-7,12-13,15,51H,3,8-11,16-18H2,1-2H3,(H,43,50). The third-order valence-electron chi connectivity index (χ3n) is 9.47. The zero-order valence-corrected chi connectivity index (χ0v) is 29.6. The maximum atomic E-state index is 14.3. The Morgan fingerprint density at radius 2 is 1.83 bits per heavy atom. The monoisotopic (exact) mass is 761 g/mol. The van der Waals surface area contributed by atoms with E-state index in [1.165, 1.54) is 22.6 Å². The topological polar surface area (TPSA) is 171 Å². The highest BCUT2D eigenvalue weighted by atomic mass is 35.5. The molecule has 2 aliphatic heterocycles. The average molecular weight is 762 g/mol. The molecule has 3 aromatic heterocycles. The van der Waals surface area contributed by atoms with Gasteiger partial charge < -0.3 is 29.5 Å². The molecular formula is C36H31ClF3N9O5. The van der Waals surface area contributed by atoms with Gasteiger partial charge in [-0.3, -0.25) is 19.4 Å². The van der Waals surface area contributed by atoms with E-state index in [2.05, 4.69) is 15.4 Å². The number of hydrogen-bond donors (Lipinski definition) is 2. The first kappa shape index (κ1) is 36.4. The molecule has 0 bridgehead atoms. The molecule has 18 heteroatoms. The summed E-state index contributed by atoms with van der Waals surface area (Å²) in [6.07, 6.45) is -3.15. The summed E-state index contributed by atoms with van der Waals surface area (Å²) in [5, 5.41) is 27.0. The van der Waals surface area contributed by atoms with Gasteiger partial charge in [-0.25, -0.2) is 0 Å². The van der Waals surface area contributed by atoms with Crippen molar-refractivity contribution in [3.05, 3.63) is 97.2 Å². The first-order valence-corrected chi connectivity index (χ1v) is 17.2. The first-order valence-electron chi connectivity index (χ1n) is 16.8. The molecule has 0 atom stereocenters. The Morgan fingerprint density at radius 1 is 1.09 bits per heavy atom. The smallest absolute Gasteiger partial charge is 0.416 e. The highest BCUT2D eigenvalue weighted by molar-refractivity contribution is 6.33. The number of aromatic nitrogens is 5. The Morgan fingerprint density at radius 3 is 2.52 bits per heavy atom. The van der Waals surface area contributed by atoms with Gasteiger partial charge in [-0.15, -0.1) is 5.10 Å². The van der Waals surface area contributed by atoms with Crippen LogP contribution in [0.3, 0.4) is 0 Å². The molecule has 7 rings (SSSR count). The number of amides is 2. The molecule has 5 heterocycles. The molecule has 1 saturated heterocycles. The third-order valence-corrected chi connectivity index (χ3v) is 9.78. The quantitative estimate of drug-likeness (QED) is 0.237. The van der Waals surface area contributed by atoms with Crippen LogP contribution in [-0.2, 0) is 41.9 Å². The number of anilines is 2. The number of ether oxygens (including phenoxy) is 1. The van der Waals surface area contributed by atoms with Gasteiger partial charge in [-0.05, 0) is 48.7 Å². The Hall–Kier alpha value is -5.99. The fraction of sp³-hybridized carbons (Fsp3) is 0.306. The van der Waals surface area contributed by atoms with Gasteiger partial charge in [0.2, 0.25) is 11.7 Å². The van der Waals surface area contributed by atoms with E-state index < -0.39 is 35.7 Å². The lowest BCUT2D eigenvalue weighted by molar-refractivity contribution is -0.137. The molecule has 0 radical (unpaired) electrons. The second-order valence-electron chi connectivity index (χ2n) is 12.8. The summed E-state index contributed by atoms with van der Waals surface area (Å²) in [7, 11) is 0. The van der Waals surface area contributed by atoms with Gasteiger partial charge in [0.15, 0.2) is 11.6 Å². The van der Waals surface area contributed by atoms with Gasteiger partial charge >= 0.3 is 6.18 Å². The highest BCUT2D eigenvalue weighted by Gasteiger charge is 2.33. The van der Waals surface area contributed by atoms with Crippen molar-refractivity contribution in [2.75, 3.05) is 36.4 Å². The summed E-state index contributed by atoms with van der Waals surface area (Å²) in [4.78, 5) is 53.4. The highest BCUT2D eigenvalue weighted by Crippen LogP contribution is 2.34. The summed E-state index contributed by atoms with van der Waals surface area (Å²) in [5.74, 6) is -1.31. The molecule has 2 aliphatic rings. The van der Waals surface area contributed by atoms with Crippen molar-refractivity contribution in [2.24, 2.45) is 0 Å². The van der Waals surface area contributed by atoms with E-state index in [9.17, 15) is 37.9 Å². The molecule has 0 spiro atoms. The predicted molar refractivity (Wildman–Crippen MR) is 189 cm³/mol. The van der Waals surface area contributed by atoms with Crippen LogP contribution in [0.4, 0.5) is 24.5 Å². The molecule has 2 N–H and O–H groups in total. The lowest BCUT2D eigenvalue weighted by Crippen LogP contribution is -2.51. The van der Waals surface area contributed by atoms with Crippen LogP contribution in [0.5, 0.6) is 5.75 Å². The van der Waals surface area contributed by atoms with Crippen LogP contribution in [0.15, 0.2) is 47.4 Å². The normalized spacial score (nSPS) is 14.3. The second kappa shape index (κ2) is 14.1.